The predicted octanol–water partition coefficient (Wildman–Crippen LogP) is 2.14. The van der Waals surface area contributed by atoms with Crippen molar-refractivity contribution in [2.45, 2.75) is 25.7 Å². The molecule has 0 unspecified atom stereocenters. The third-order valence-corrected chi connectivity index (χ3v) is 4.84. The lowest BCUT2D eigenvalue weighted by Gasteiger charge is -2.10. The molecule has 0 spiro atoms. The summed E-state index contributed by atoms with van der Waals surface area (Å²) in [4.78, 5) is 40.0. The van der Waals surface area contributed by atoms with Crippen LogP contribution in [0.25, 0.3) is 11.0 Å². The number of nitrogens with one attached hydrogen (secondary N) is 2. The summed E-state index contributed by atoms with van der Waals surface area (Å²) >= 11 is 0. The Morgan fingerprint density at radius 3 is 2.62 bits per heavy atom. The van der Waals surface area contributed by atoms with Gasteiger partial charge in [-0.25, -0.2) is 4.98 Å². The zero-order valence-corrected chi connectivity index (χ0v) is 15.8. The van der Waals surface area contributed by atoms with Crippen molar-refractivity contribution in [2.24, 2.45) is 7.05 Å². The third kappa shape index (κ3) is 3.51. The number of nitro groups is 1. The van der Waals surface area contributed by atoms with Crippen molar-refractivity contribution in [3.05, 3.63) is 63.0 Å². The van der Waals surface area contributed by atoms with E-state index in [-0.39, 0.29) is 11.3 Å². The molecule has 2 N–H and O–H groups in total. The van der Waals surface area contributed by atoms with E-state index in [1.165, 1.54) is 18.2 Å². The summed E-state index contributed by atoms with van der Waals surface area (Å²) < 4.78 is 1.63. The van der Waals surface area contributed by atoms with E-state index < -0.39 is 16.7 Å². The average Bonchev–Trinajstić information content (AvgIpc) is 3.52. The van der Waals surface area contributed by atoms with Gasteiger partial charge < -0.3 is 0 Å². The van der Waals surface area contributed by atoms with E-state index in [2.05, 4.69) is 20.9 Å². The Balaban J connectivity index is 1.59. The number of hydrogen-bond donors (Lipinski definition) is 2. The molecule has 3 aromatic rings. The first kappa shape index (κ1) is 18.5. The molecule has 2 heterocycles. The number of fused-ring (bicyclic) bond motifs is 1. The van der Waals surface area contributed by atoms with Crippen LogP contribution in [0.4, 0.5) is 5.69 Å². The molecule has 10 heteroatoms. The molecule has 2 aromatic heterocycles. The summed E-state index contributed by atoms with van der Waals surface area (Å²) in [6.07, 6.45) is 2.06. The number of carbonyl (C=O) groups is 2. The first-order valence-corrected chi connectivity index (χ1v) is 9.04. The maximum Gasteiger partial charge on any atom is 0.270 e. The van der Waals surface area contributed by atoms with Gasteiger partial charge in [0.15, 0.2) is 5.65 Å². The van der Waals surface area contributed by atoms with Crippen molar-refractivity contribution in [3.8, 4) is 0 Å². The van der Waals surface area contributed by atoms with Crippen LogP contribution < -0.4 is 10.9 Å². The van der Waals surface area contributed by atoms with Crippen molar-refractivity contribution < 1.29 is 14.5 Å². The summed E-state index contributed by atoms with van der Waals surface area (Å²) in [7, 11) is 1.77. The maximum atomic E-state index is 12.8. The van der Waals surface area contributed by atoms with Gasteiger partial charge in [-0.1, -0.05) is 6.07 Å². The van der Waals surface area contributed by atoms with Crippen LogP contribution in [0.2, 0.25) is 0 Å². The number of carbonyl (C=O) groups excluding carboxylic acids is 2. The highest BCUT2D eigenvalue weighted by molar-refractivity contribution is 6.07. The number of rotatable bonds is 4. The van der Waals surface area contributed by atoms with Crippen LogP contribution in [0.5, 0.6) is 0 Å². The standard InChI is InChI=1S/C19H18N6O4/c1-10-16-14(9-15(11-6-7-11)20-17(16)24(2)23-10)19(27)22-21-18(26)12-4-3-5-13(8-12)25(28)29/h3-5,8-9,11H,6-7H2,1-2H3,(H,21,26)(H,22,27). The monoisotopic (exact) mass is 394 g/mol. The zero-order chi connectivity index (χ0) is 20.7. The number of nitro benzene ring substituents is 1. The van der Waals surface area contributed by atoms with Gasteiger partial charge in [-0.2, -0.15) is 5.10 Å². The number of hydrazine groups is 1. The summed E-state index contributed by atoms with van der Waals surface area (Å²) in [6.45, 7) is 1.79. The fourth-order valence-corrected chi connectivity index (χ4v) is 3.25. The first-order chi connectivity index (χ1) is 13.8. The van der Waals surface area contributed by atoms with Gasteiger partial charge in [0.1, 0.15) is 0 Å². The second-order valence-corrected chi connectivity index (χ2v) is 6.99. The molecule has 1 aromatic carbocycles. The van der Waals surface area contributed by atoms with Crippen LogP contribution in [0.1, 0.15) is 50.9 Å². The molecule has 0 radical (unpaired) electrons. The Kier molecular flexibility index (Phi) is 4.45. The van der Waals surface area contributed by atoms with Crippen LogP contribution in [-0.4, -0.2) is 31.5 Å². The van der Waals surface area contributed by atoms with E-state index in [9.17, 15) is 19.7 Å². The van der Waals surface area contributed by atoms with Crippen LogP contribution in [0.15, 0.2) is 30.3 Å². The van der Waals surface area contributed by atoms with Crippen LogP contribution in [0, 0.1) is 17.0 Å². The molecule has 0 aliphatic heterocycles. The topological polar surface area (TPSA) is 132 Å². The number of nitrogens with zero attached hydrogens (tertiary/aromatic N) is 4. The smallest absolute Gasteiger partial charge is 0.267 e. The molecule has 1 aliphatic rings. The van der Waals surface area contributed by atoms with Gasteiger partial charge in [-0.05, 0) is 31.9 Å². The number of aryl methyl sites for hydroxylation is 2. The number of aromatic nitrogens is 3. The van der Waals surface area contributed by atoms with Crippen molar-refractivity contribution >= 4 is 28.5 Å². The normalized spacial score (nSPS) is 13.3. The molecule has 0 bridgehead atoms. The van der Waals surface area contributed by atoms with E-state index >= 15 is 0 Å². The zero-order valence-electron chi connectivity index (χ0n) is 15.8. The summed E-state index contributed by atoms with van der Waals surface area (Å²) in [5, 5.41) is 15.8. The molecule has 1 saturated carbocycles. The van der Waals surface area contributed by atoms with Gasteiger partial charge in [0.25, 0.3) is 17.5 Å². The molecule has 29 heavy (non-hydrogen) atoms. The molecular weight excluding hydrogens is 376 g/mol. The maximum absolute atomic E-state index is 12.8. The fourth-order valence-electron chi connectivity index (χ4n) is 3.25. The molecule has 4 rings (SSSR count). The minimum atomic E-state index is -0.655. The van der Waals surface area contributed by atoms with Gasteiger partial charge in [0, 0.05) is 36.4 Å². The van der Waals surface area contributed by atoms with Crippen LogP contribution >= 0.6 is 0 Å². The van der Waals surface area contributed by atoms with Gasteiger partial charge in [-0.15, -0.1) is 0 Å². The van der Waals surface area contributed by atoms with Crippen molar-refractivity contribution in [3.63, 3.8) is 0 Å². The van der Waals surface area contributed by atoms with Gasteiger partial charge in [0.2, 0.25) is 0 Å². The first-order valence-electron chi connectivity index (χ1n) is 9.04. The average molecular weight is 394 g/mol. The SMILES string of the molecule is Cc1nn(C)c2nc(C3CC3)cc(C(=O)NNC(=O)c3cccc([N+](=O)[O-])c3)c12. The lowest BCUT2D eigenvalue weighted by molar-refractivity contribution is -0.384. The lowest BCUT2D eigenvalue weighted by Crippen LogP contribution is -2.41. The predicted molar refractivity (Wildman–Crippen MR) is 103 cm³/mol. The second kappa shape index (κ2) is 6.97. The minimum absolute atomic E-state index is 0.0654. The fraction of sp³-hybridized carbons (Fsp3) is 0.263. The van der Waals surface area contributed by atoms with Crippen LogP contribution in [-0.2, 0) is 7.05 Å². The Morgan fingerprint density at radius 1 is 1.21 bits per heavy atom. The Bertz CT molecular complexity index is 1160. The molecule has 148 valence electrons. The molecule has 0 saturated heterocycles. The molecule has 2 amide bonds. The van der Waals surface area contributed by atoms with Gasteiger partial charge in [-0.3, -0.25) is 35.2 Å². The molecule has 1 aliphatic carbocycles. The quantitative estimate of drug-likeness (QED) is 0.515. The number of benzene rings is 1. The number of non-ortho nitro benzene ring substituents is 1. The van der Waals surface area contributed by atoms with Crippen LogP contribution in [0.3, 0.4) is 0 Å². The van der Waals surface area contributed by atoms with Gasteiger partial charge >= 0.3 is 0 Å². The third-order valence-electron chi connectivity index (χ3n) is 4.84. The van der Waals surface area contributed by atoms with Crippen molar-refractivity contribution in [1.29, 1.82) is 0 Å². The second-order valence-electron chi connectivity index (χ2n) is 6.99. The Labute approximate surface area is 165 Å². The summed E-state index contributed by atoms with van der Waals surface area (Å²) in [5.74, 6) is -0.826. The summed E-state index contributed by atoms with van der Waals surface area (Å²) in [6, 6.07) is 7.00. The molecular formula is C19H18N6O4. The number of pyridine rings is 1. The van der Waals surface area contributed by atoms with Crippen molar-refractivity contribution in [1.82, 2.24) is 25.6 Å². The highest BCUT2D eigenvalue weighted by Crippen LogP contribution is 2.40. The highest BCUT2D eigenvalue weighted by atomic mass is 16.6. The van der Waals surface area contributed by atoms with E-state index in [4.69, 9.17) is 0 Å². The Morgan fingerprint density at radius 2 is 1.93 bits per heavy atom. The molecule has 1 fully saturated rings. The highest BCUT2D eigenvalue weighted by Gasteiger charge is 2.28. The summed E-state index contributed by atoms with van der Waals surface area (Å²) in [5.41, 5.74) is 7.03. The van der Waals surface area contributed by atoms with Gasteiger partial charge in [0.05, 0.1) is 21.6 Å². The van der Waals surface area contributed by atoms with E-state index in [0.717, 1.165) is 24.6 Å². The van der Waals surface area contributed by atoms with E-state index in [1.807, 2.05) is 0 Å². The Hall–Kier alpha value is -3.82. The minimum Gasteiger partial charge on any atom is -0.267 e. The van der Waals surface area contributed by atoms with E-state index in [0.29, 0.717) is 28.2 Å². The lowest BCUT2D eigenvalue weighted by atomic mass is 10.1. The van der Waals surface area contributed by atoms with E-state index in [1.54, 1.807) is 24.7 Å². The number of amides is 2. The molecule has 10 nitrogen and oxygen atoms in total. The van der Waals surface area contributed by atoms with Crippen molar-refractivity contribution in [2.75, 3.05) is 0 Å². The molecule has 0 atom stereocenters. The number of hydrogen-bond acceptors (Lipinski definition) is 6. The largest absolute Gasteiger partial charge is 0.270 e.